The minimum absolute atomic E-state index is 0.0368. The van der Waals surface area contributed by atoms with Crippen LogP contribution in [0, 0.1) is 10.1 Å². The number of aliphatic hydroxyl groups is 1. The van der Waals surface area contributed by atoms with Gasteiger partial charge in [0.05, 0.1) is 31.3 Å². The van der Waals surface area contributed by atoms with Crippen LogP contribution in [0.2, 0.25) is 0 Å². The molecule has 7 heteroatoms. The molecule has 0 rings (SSSR count). The van der Waals surface area contributed by atoms with Crippen LogP contribution in [-0.4, -0.2) is 44.1 Å². The lowest BCUT2D eigenvalue weighted by atomic mass is 10.3. The molecule has 0 spiro atoms. The van der Waals surface area contributed by atoms with E-state index in [-0.39, 0.29) is 37.0 Å². The van der Waals surface area contributed by atoms with Crippen LogP contribution in [0.15, 0.2) is 35.9 Å². The first-order valence-corrected chi connectivity index (χ1v) is 5.08. The summed E-state index contributed by atoms with van der Waals surface area (Å²) in [7, 11) is 2.77. The molecule has 0 aromatic carbocycles. The van der Waals surface area contributed by atoms with Gasteiger partial charge in [-0.15, -0.1) is 0 Å². The number of hydrogen-bond acceptors (Lipinski definition) is 6. The topological polar surface area (TPSA) is 91.1 Å². The molecule has 0 fully saturated rings. The second-order valence-corrected chi connectivity index (χ2v) is 3.05. The van der Waals surface area contributed by atoms with Crippen LogP contribution < -0.4 is 0 Å². The normalized spacial score (nSPS) is 12.2. The fourth-order valence-electron chi connectivity index (χ4n) is 0.982. The Morgan fingerprint density at radius 1 is 1.50 bits per heavy atom. The average Bonchev–Trinajstić information content (AvgIpc) is 2.35. The lowest BCUT2D eigenvalue weighted by Gasteiger charge is -2.10. The molecule has 0 heterocycles. The van der Waals surface area contributed by atoms with E-state index in [0.717, 1.165) is 0 Å². The number of rotatable bonds is 9. The summed E-state index contributed by atoms with van der Waals surface area (Å²) in [5, 5.41) is 19.4. The monoisotopic (exact) mass is 259 g/mol. The molecular formula is C11H17NO6. The van der Waals surface area contributed by atoms with E-state index in [0.29, 0.717) is 0 Å². The molecule has 0 amide bonds. The molecule has 0 saturated heterocycles. The summed E-state index contributed by atoms with van der Waals surface area (Å²) in [5.74, 6) is 0.221. The van der Waals surface area contributed by atoms with E-state index in [1.165, 1.54) is 26.4 Å². The van der Waals surface area contributed by atoms with Gasteiger partial charge in [0.2, 0.25) is 0 Å². The quantitative estimate of drug-likeness (QED) is 0.285. The van der Waals surface area contributed by atoms with E-state index >= 15 is 0 Å². The number of allylic oxidation sites excluding steroid dienone is 1. The Bertz CT molecular complexity index is 347. The molecule has 18 heavy (non-hydrogen) atoms. The van der Waals surface area contributed by atoms with E-state index in [1.807, 2.05) is 0 Å². The second-order valence-electron chi connectivity index (χ2n) is 3.05. The van der Waals surface area contributed by atoms with E-state index in [2.05, 4.69) is 6.58 Å². The molecule has 0 saturated carbocycles. The van der Waals surface area contributed by atoms with E-state index in [4.69, 9.17) is 19.3 Å². The summed E-state index contributed by atoms with van der Waals surface area (Å²) in [6.07, 6.45) is 2.47. The Labute approximate surface area is 105 Å². The Kier molecular flexibility index (Phi) is 8.25. The van der Waals surface area contributed by atoms with Crippen LogP contribution in [-0.2, 0) is 14.2 Å². The molecule has 102 valence electrons. The van der Waals surface area contributed by atoms with Crippen molar-refractivity contribution in [3.8, 4) is 0 Å². The maximum atomic E-state index is 10.8. The minimum Gasteiger partial charge on any atom is -0.493 e. The van der Waals surface area contributed by atoms with E-state index in [1.54, 1.807) is 0 Å². The number of methoxy groups -OCH3 is 2. The van der Waals surface area contributed by atoms with Gasteiger partial charge in [0, 0.05) is 13.2 Å². The van der Waals surface area contributed by atoms with Gasteiger partial charge >= 0.3 is 0 Å². The van der Waals surface area contributed by atoms with Crippen molar-refractivity contribution in [1.29, 1.82) is 0 Å². The van der Waals surface area contributed by atoms with Gasteiger partial charge in [0.1, 0.15) is 6.61 Å². The van der Waals surface area contributed by atoms with Gasteiger partial charge < -0.3 is 19.3 Å². The highest BCUT2D eigenvalue weighted by Crippen LogP contribution is 2.13. The first kappa shape index (κ1) is 16.1. The Balaban J connectivity index is 4.92. The number of ether oxygens (including phenoxy) is 3. The van der Waals surface area contributed by atoms with Crippen molar-refractivity contribution in [3.63, 3.8) is 0 Å². The Morgan fingerprint density at radius 2 is 2.17 bits per heavy atom. The van der Waals surface area contributed by atoms with Gasteiger partial charge in [-0.3, -0.25) is 10.1 Å². The summed E-state index contributed by atoms with van der Waals surface area (Å²) in [4.78, 5) is 10.2. The SMILES string of the molecule is C=C(OCCO)/C(=C\C(=C/COC)[N+](=O)[O-])OC. The van der Waals surface area contributed by atoms with Gasteiger partial charge in [0.25, 0.3) is 5.70 Å². The zero-order chi connectivity index (χ0) is 14.0. The van der Waals surface area contributed by atoms with Crippen LogP contribution in [0.4, 0.5) is 0 Å². The highest BCUT2D eigenvalue weighted by atomic mass is 16.6. The molecule has 0 aliphatic heterocycles. The maximum Gasteiger partial charge on any atom is 0.271 e. The lowest BCUT2D eigenvalue weighted by Crippen LogP contribution is -2.05. The van der Waals surface area contributed by atoms with Crippen LogP contribution in [0.1, 0.15) is 0 Å². The van der Waals surface area contributed by atoms with Crippen LogP contribution in [0.25, 0.3) is 0 Å². The fourth-order valence-corrected chi connectivity index (χ4v) is 0.982. The molecule has 7 nitrogen and oxygen atoms in total. The van der Waals surface area contributed by atoms with Gasteiger partial charge in [-0.25, -0.2) is 0 Å². The van der Waals surface area contributed by atoms with Crippen LogP contribution in [0.3, 0.4) is 0 Å². The van der Waals surface area contributed by atoms with Crippen molar-refractivity contribution in [2.24, 2.45) is 0 Å². The number of nitro groups is 1. The van der Waals surface area contributed by atoms with Crippen LogP contribution >= 0.6 is 0 Å². The second kappa shape index (κ2) is 9.20. The minimum atomic E-state index is -0.572. The van der Waals surface area contributed by atoms with E-state index < -0.39 is 4.92 Å². The van der Waals surface area contributed by atoms with Crippen molar-refractivity contribution in [2.45, 2.75) is 0 Å². The van der Waals surface area contributed by atoms with Crippen molar-refractivity contribution in [2.75, 3.05) is 34.0 Å². The molecule has 0 atom stereocenters. The third kappa shape index (κ3) is 6.02. The average molecular weight is 259 g/mol. The Morgan fingerprint density at radius 3 is 2.61 bits per heavy atom. The van der Waals surface area contributed by atoms with Gasteiger partial charge in [-0.2, -0.15) is 0 Å². The predicted molar refractivity (Wildman–Crippen MR) is 64.2 cm³/mol. The molecular weight excluding hydrogens is 242 g/mol. The van der Waals surface area contributed by atoms with Crippen molar-refractivity contribution >= 4 is 0 Å². The number of hydrogen-bond donors (Lipinski definition) is 1. The standard InChI is InChI=1S/C11H17NO6/c1-9(18-7-5-13)11(17-3)8-10(12(14)15)4-6-16-2/h4,8,13H,1,5-7H2,2-3H3/b10-4+,11-8+. The summed E-state index contributed by atoms with van der Waals surface area (Å²) in [6.45, 7) is 3.51. The van der Waals surface area contributed by atoms with Gasteiger partial charge in [-0.1, -0.05) is 6.58 Å². The van der Waals surface area contributed by atoms with Gasteiger partial charge in [0.15, 0.2) is 11.5 Å². The number of nitrogens with zero attached hydrogens (tertiary/aromatic N) is 1. The molecule has 0 aromatic heterocycles. The van der Waals surface area contributed by atoms with Crippen molar-refractivity contribution in [3.05, 3.63) is 46.1 Å². The zero-order valence-corrected chi connectivity index (χ0v) is 10.4. The number of aliphatic hydroxyl groups excluding tert-OH is 1. The lowest BCUT2D eigenvalue weighted by molar-refractivity contribution is -0.419. The zero-order valence-electron chi connectivity index (χ0n) is 10.4. The first-order chi connectivity index (χ1) is 8.56. The third-order valence-corrected chi connectivity index (χ3v) is 1.81. The highest BCUT2D eigenvalue weighted by molar-refractivity contribution is 5.25. The summed E-state index contributed by atoms with van der Waals surface area (Å²) >= 11 is 0. The first-order valence-electron chi connectivity index (χ1n) is 5.08. The third-order valence-electron chi connectivity index (χ3n) is 1.81. The molecule has 0 radical (unpaired) electrons. The van der Waals surface area contributed by atoms with E-state index in [9.17, 15) is 10.1 Å². The highest BCUT2D eigenvalue weighted by Gasteiger charge is 2.12. The maximum absolute atomic E-state index is 10.8. The smallest absolute Gasteiger partial charge is 0.271 e. The summed E-state index contributed by atoms with van der Waals surface area (Å²) in [6, 6.07) is 0. The van der Waals surface area contributed by atoms with Crippen molar-refractivity contribution < 1.29 is 24.2 Å². The Hall–Kier alpha value is -1.86. The predicted octanol–water partition coefficient (Wildman–Crippen LogP) is 0.846. The molecule has 0 unspecified atom stereocenters. The van der Waals surface area contributed by atoms with Gasteiger partial charge in [-0.05, 0) is 0 Å². The summed E-state index contributed by atoms with van der Waals surface area (Å²) < 4.78 is 14.7. The molecule has 0 bridgehead atoms. The summed E-state index contributed by atoms with van der Waals surface area (Å²) in [5.41, 5.74) is -0.192. The largest absolute Gasteiger partial charge is 0.493 e. The molecule has 0 aliphatic carbocycles. The fraction of sp³-hybridized carbons (Fsp3) is 0.455. The van der Waals surface area contributed by atoms with Crippen molar-refractivity contribution in [1.82, 2.24) is 0 Å². The molecule has 0 aliphatic rings. The molecule has 0 aromatic rings. The molecule has 1 N–H and O–H groups in total. The van der Waals surface area contributed by atoms with Crippen LogP contribution in [0.5, 0.6) is 0 Å².